The van der Waals surface area contributed by atoms with E-state index in [2.05, 4.69) is 24.1 Å². The molecule has 1 atom stereocenters. The predicted molar refractivity (Wildman–Crippen MR) is 68.8 cm³/mol. The van der Waals surface area contributed by atoms with Gasteiger partial charge in [0.25, 0.3) is 0 Å². The lowest BCUT2D eigenvalue weighted by Gasteiger charge is -2.44. The minimum atomic E-state index is -0.0205. The molecule has 4 heteroatoms. The summed E-state index contributed by atoms with van der Waals surface area (Å²) in [4.78, 5) is 14.5. The largest absolute Gasteiger partial charge is 0.334 e. The van der Waals surface area contributed by atoms with Gasteiger partial charge in [-0.15, -0.1) is 11.8 Å². The highest BCUT2D eigenvalue weighted by atomic mass is 32.2. The van der Waals surface area contributed by atoms with Gasteiger partial charge in [-0.25, -0.2) is 0 Å². The molecule has 0 saturated carbocycles. The molecule has 1 amide bonds. The summed E-state index contributed by atoms with van der Waals surface area (Å²) in [6.45, 7) is 7.03. The highest BCUT2D eigenvalue weighted by Crippen LogP contribution is 2.29. The molecular weight excluding hydrogens is 220 g/mol. The van der Waals surface area contributed by atoms with E-state index in [0.29, 0.717) is 5.91 Å². The van der Waals surface area contributed by atoms with Crippen molar-refractivity contribution in [2.45, 2.75) is 43.9 Å². The third kappa shape index (κ3) is 2.54. The molecule has 0 spiro atoms. The van der Waals surface area contributed by atoms with Gasteiger partial charge in [0.05, 0.1) is 5.25 Å². The first kappa shape index (κ1) is 12.2. The van der Waals surface area contributed by atoms with Crippen LogP contribution in [0.3, 0.4) is 0 Å². The summed E-state index contributed by atoms with van der Waals surface area (Å²) >= 11 is 1.85. The Morgan fingerprint density at radius 1 is 1.44 bits per heavy atom. The Balaban J connectivity index is 2.01. The molecule has 1 unspecified atom stereocenters. The number of nitrogens with zero attached hydrogens (tertiary/aromatic N) is 1. The average molecular weight is 242 g/mol. The fourth-order valence-corrected chi connectivity index (χ4v) is 3.76. The second-order valence-electron chi connectivity index (χ2n) is 5.33. The molecule has 0 radical (unpaired) electrons. The summed E-state index contributed by atoms with van der Waals surface area (Å²) < 4.78 is 0. The molecule has 0 aliphatic carbocycles. The SMILES string of the molecule is CC1(C)CNCCN1C(=O)C1CCCCS1. The molecule has 0 aromatic rings. The molecule has 2 aliphatic heterocycles. The number of thioether (sulfide) groups is 1. The Kier molecular flexibility index (Phi) is 3.80. The van der Waals surface area contributed by atoms with Crippen LogP contribution in [0, 0.1) is 0 Å². The van der Waals surface area contributed by atoms with Crippen molar-refractivity contribution < 1.29 is 4.79 Å². The molecule has 0 bridgehead atoms. The first-order valence-electron chi connectivity index (χ1n) is 6.25. The zero-order valence-electron chi connectivity index (χ0n) is 10.3. The average Bonchev–Trinajstić information content (AvgIpc) is 2.29. The van der Waals surface area contributed by atoms with Crippen LogP contribution in [0.2, 0.25) is 0 Å². The normalized spacial score (nSPS) is 30.1. The van der Waals surface area contributed by atoms with Gasteiger partial charge in [0.1, 0.15) is 0 Å². The monoisotopic (exact) mass is 242 g/mol. The van der Waals surface area contributed by atoms with Crippen LogP contribution in [-0.4, -0.2) is 47.0 Å². The molecule has 1 N–H and O–H groups in total. The molecule has 2 saturated heterocycles. The van der Waals surface area contributed by atoms with E-state index in [1.54, 1.807) is 0 Å². The Morgan fingerprint density at radius 2 is 2.25 bits per heavy atom. The van der Waals surface area contributed by atoms with E-state index in [1.165, 1.54) is 12.8 Å². The molecule has 2 rings (SSSR count). The maximum atomic E-state index is 12.4. The van der Waals surface area contributed by atoms with Gasteiger partial charge in [0.15, 0.2) is 0 Å². The van der Waals surface area contributed by atoms with Crippen LogP contribution in [0.25, 0.3) is 0 Å². The van der Waals surface area contributed by atoms with Gasteiger partial charge in [0.2, 0.25) is 5.91 Å². The summed E-state index contributed by atoms with van der Waals surface area (Å²) in [6.07, 6.45) is 3.57. The van der Waals surface area contributed by atoms with Crippen LogP contribution in [-0.2, 0) is 4.79 Å². The Labute approximate surface area is 102 Å². The van der Waals surface area contributed by atoms with E-state index in [0.717, 1.165) is 31.8 Å². The summed E-state index contributed by atoms with van der Waals surface area (Å²) in [5.74, 6) is 1.53. The third-order valence-corrected chi connectivity index (χ3v) is 4.89. The van der Waals surface area contributed by atoms with Gasteiger partial charge in [-0.1, -0.05) is 6.42 Å². The molecule has 0 aromatic carbocycles. The van der Waals surface area contributed by atoms with E-state index < -0.39 is 0 Å². The topological polar surface area (TPSA) is 32.3 Å². The second kappa shape index (κ2) is 4.96. The van der Waals surface area contributed by atoms with E-state index in [9.17, 15) is 4.79 Å². The lowest BCUT2D eigenvalue weighted by Crippen LogP contribution is -2.61. The van der Waals surface area contributed by atoms with Crippen LogP contribution in [0.4, 0.5) is 0 Å². The molecule has 3 nitrogen and oxygen atoms in total. The van der Waals surface area contributed by atoms with Crippen molar-refractivity contribution in [1.82, 2.24) is 10.2 Å². The number of carbonyl (C=O) groups excluding carboxylic acids is 1. The van der Waals surface area contributed by atoms with Crippen molar-refractivity contribution in [2.24, 2.45) is 0 Å². The lowest BCUT2D eigenvalue weighted by atomic mass is 9.99. The number of piperazine rings is 1. The number of carbonyl (C=O) groups is 1. The molecule has 0 aromatic heterocycles. The highest BCUT2D eigenvalue weighted by Gasteiger charge is 2.36. The van der Waals surface area contributed by atoms with Gasteiger partial charge in [0, 0.05) is 25.2 Å². The minimum absolute atomic E-state index is 0.0205. The predicted octanol–water partition coefficient (Wildman–Crippen LogP) is 1.48. The van der Waals surface area contributed by atoms with Crippen molar-refractivity contribution >= 4 is 17.7 Å². The van der Waals surface area contributed by atoms with Gasteiger partial charge >= 0.3 is 0 Å². The third-order valence-electron chi connectivity index (χ3n) is 3.52. The van der Waals surface area contributed by atoms with Gasteiger partial charge < -0.3 is 10.2 Å². The Bertz CT molecular complexity index is 262. The van der Waals surface area contributed by atoms with E-state index in [-0.39, 0.29) is 10.8 Å². The lowest BCUT2D eigenvalue weighted by molar-refractivity contribution is -0.137. The summed E-state index contributed by atoms with van der Waals surface area (Å²) in [5, 5.41) is 3.59. The number of amides is 1. The fraction of sp³-hybridized carbons (Fsp3) is 0.917. The zero-order chi connectivity index (χ0) is 11.6. The van der Waals surface area contributed by atoms with Gasteiger partial charge in [-0.2, -0.15) is 0 Å². The van der Waals surface area contributed by atoms with Crippen LogP contribution in [0.5, 0.6) is 0 Å². The van der Waals surface area contributed by atoms with Crippen LogP contribution in [0.15, 0.2) is 0 Å². The fourth-order valence-electron chi connectivity index (χ4n) is 2.50. The molecule has 92 valence electrons. The quantitative estimate of drug-likeness (QED) is 0.756. The molecular formula is C12H22N2OS. The van der Waals surface area contributed by atoms with Crippen molar-refractivity contribution in [3.8, 4) is 0 Å². The second-order valence-corrected chi connectivity index (χ2v) is 6.64. The van der Waals surface area contributed by atoms with Crippen molar-refractivity contribution in [3.05, 3.63) is 0 Å². The van der Waals surface area contributed by atoms with Crippen molar-refractivity contribution in [3.63, 3.8) is 0 Å². The van der Waals surface area contributed by atoms with Gasteiger partial charge in [-0.05, 0) is 32.4 Å². The number of rotatable bonds is 1. The first-order valence-corrected chi connectivity index (χ1v) is 7.30. The number of nitrogens with one attached hydrogen (secondary N) is 1. The smallest absolute Gasteiger partial charge is 0.236 e. The number of hydrogen-bond donors (Lipinski definition) is 1. The number of hydrogen-bond acceptors (Lipinski definition) is 3. The molecule has 16 heavy (non-hydrogen) atoms. The first-order chi connectivity index (χ1) is 7.61. The summed E-state index contributed by atoms with van der Waals surface area (Å²) in [7, 11) is 0. The van der Waals surface area contributed by atoms with E-state index in [1.807, 2.05) is 11.8 Å². The maximum absolute atomic E-state index is 12.4. The standard InChI is InChI=1S/C12H22N2OS/c1-12(2)9-13-6-7-14(12)11(15)10-5-3-4-8-16-10/h10,13H,3-9H2,1-2H3. The summed E-state index contributed by atoms with van der Waals surface area (Å²) in [5.41, 5.74) is -0.0205. The highest BCUT2D eigenvalue weighted by molar-refractivity contribution is 8.00. The zero-order valence-corrected chi connectivity index (χ0v) is 11.1. The van der Waals surface area contributed by atoms with Gasteiger partial charge in [-0.3, -0.25) is 4.79 Å². The van der Waals surface area contributed by atoms with Crippen molar-refractivity contribution in [2.75, 3.05) is 25.4 Å². The maximum Gasteiger partial charge on any atom is 0.236 e. The molecule has 2 heterocycles. The van der Waals surface area contributed by atoms with Crippen LogP contribution < -0.4 is 5.32 Å². The summed E-state index contributed by atoms with van der Waals surface area (Å²) in [6, 6.07) is 0. The van der Waals surface area contributed by atoms with Crippen LogP contribution in [0.1, 0.15) is 33.1 Å². The van der Waals surface area contributed by atoms with E-state index in [4.69, 9.17) is 0 Å². The minimum Gasteiger partial charge on any atom is -0.334 e. The van der Waals surface area contributed by atoms with E-state index >= 15 is 0 Å². The van der Waals surface area contributed by atoms with Crippen molar-refractivity contribution in [1.29, 1.82) is 0 Å². The Hall–Kier alpha value is -0.220. The van der Waals surface area contributed by atoms with Crippen LogP contribution >= 0.6 is 11.8 Å². The Morgan fingerprint density at radius 3 is 2.88 bits per heavy atom. The molecule has 2 fully saturated rings. The molecule has 2 aliphatic rings.